The highest BCUT2D eigenvalue weighted by atomic mass is 16.3. The largest absolute Gasteiger partial charge is 0.378 e. The van der Waals surface area contributed by atoms with Crippen molar-refractivity contribution in [2.24, 2.45) is 0 Å². The summed E-state index contributed by atoms with van der Waals surface area (Å²) in [5.74, 6) is 0.103. The van der Waals surface area contributed by atoms with Crippen LogP contribution in [0.1, 0.15) is 29.6 Å². The van der Waals surface area contributed by atoms with Gasteiger partial charge in [-0.15, -0.1) is 0 Å². The van der Waals surface area contributed by atoms with Crippen LogP contribution in [-0.4, -0.2) is 24.1 Å². The Labute approximate surface area is 93.7 Å². The second-order valence-electron chi connectivity index (χ2n) is 4.39. The number of rotatable bonds is 1. The topological polar surface area (TPSA) is 61.4 Å². The Morgan fingerprint density at radius 1 is 1.38 bits per heavy atom. The van der Waals surface area contributed by atoms with Gasteiger partial charge in [0.25, 0.3) is 5.91 Å². The Morgan fingerprint density at radius 3 is 3.00 bits per heavy atom. The van der Waals surface area contributed by atoms with Crippen molar-refractivity contribution in [1.29, 1.82) is 0 Å². The summed E-state index contributed by atoms with van der Waals surface area (Å²) in [6.07, 6.45) is 0.0731. The van der Waals surface area contributed by atoms with E-state index in [0.29, 0.717) is 5.92 Å². The van der Waals surface area contributed by atoms with Gasteiger partial charge >= 0.3 is 0 Å². The number of anilines is 1. The summed E-state index contributed by atoms with van der Waals surface area (Å²) in [5.41, 5.74) is 2.65. The SMILES string of the molecule is O=C1Nc2cccc(C3CCNC3)c2C1O. The minimum Gasteiger partial charge on any atom is -0.378 e. The summed E-state index contributed by atoms with van der Waals surface area (Å²) in [5, 5.41) is 15.9. The summed E-state index contributed by atoms with van der Waals surface area (Å²) in [4.78, 5) is 11.4. The lowest BCUT2D eigenvalue weighted by Gasteiger charge is -2.14. The average Bonchev–Trinajstić information content (AvgIpc) is 2.88. The predicted octanol–water partition coefficient (Wildman–Crippen LogP) is 0.749. The van der Waals surface area contributed by atoms with E-state index < -0.39 is 6.10 Å². The molecule has 3 N–H and O–H groups in total. The minimum absolute atomic E-state index is 0.312. The highest BCUT2D eigenvalue weighted by Crippen LogP contribution is 2.38. The number of aliphatic hydroxyl groups is 1. The van der Waals surface area contributed by atoms with Crippen LogP contribution in [0.2, 0.25) is 0 Å². The van der Waals surface area contributed by atoms with Gasteiger partial charge in [-0.3, -0.25) is 4.79 Å². The zero-order valence-electron chi connectivity index (χ0n) is 8.86. The van der Waals surface area contributed by atoms with Crippen LogP contribution in [0.5, 0.6) is 0 Å². The van der Waals surface area contributed by atoms with Crippen LogP contribution in [0.4, 0.5) is 5.69 Å². The maximum Gasteiger partial charge on any atom is 0.257 e. The van der Waals surface area contributed by atoms with Crippen molar-refractivity contribution < 1.29 is 9.90 Å². The first-order valence-corrected chi connectivity index (χ1v) is 5.60. The van der Waals surface area contributed by atoms with E-state index in [1.807, 2.05) is 18.2 Å². The van der Waals surface area contributed by atoms with Gasteiger partial charge in [0, 0.05) is 17.8 Å². The van der Waals surface area contributed by atoms with Crippen molar-refractivity contribution >= 4 is 11.6 Å². The number of hydrogen-bond acceptors (Lipinski definition) is 3. The predicted molar refractivity (Wildman–Crippen MR) is 60.3 cm³/mol. The van der Waals surface area contributed by atoms with E-state index in [-0.39, 0.29) is 5.91 Å². The number of fused-ring (bicyclic) bond motifs is 1. The van der Waals surface area contributed by atoms with Gasteiger partial charge in [-0.1, -0.05) is 12.1 Å². The van der Waals surface area contributed by atoms with Crippen LogP contribution in [-0.2, 0) is 4.79 Å². The molecule has 0 saturated carbocycles. The van der Waals surface area contributed by atoms with E-state index in [4.69, 9.17) is 0 Å². The standard InChI is InChI=1S/C12H14N2O2/c15-11-10-8(7-4-5-13-6-7)2-1-3-9(10)14-12(11)16/h1-3,7,11,13,15H,4-6H2,(H,14,16). The molecular weight excluding hydrogens is 204 g/mol. The van der Waals surface area contributed by atoms with Crippen LogP contribution in [0.3, 0.4) is 0 Å². The van der Waals surface area contributed by atoms with Gasteiger partial charge in [-0.25, -0.2) is 0 Å². The molecule has 1 aromatic carbocycles. The van der Waals surface area contributed by atoms with Crippen molar-refractivity contribution in [2.45, 2.75) is 18.4 Å². The van der Waals surface area contributed by atoms with Crippen molar-refractivity contribution in [2.75, 3.05) is 18.4 Å². The summed E-state index contributed by atoms with van der Waals surface area (Å²) < 4.78 is 0. The third-order valence-electron chi connectivity index (χ3n) is 3.42. The fourth-order valence-corrected chi connectivity index (χ4v) is 2.61. The fourth-order valence-electron chi connectivity index (χ4n) is 2.61. The van der Waals surface area contributed by atoms with Crippen LogP contribution in [0.25, 0.3) is 0 Å². The van der Waals surface area contributed by atoms with Gasteiger partial charge in [0.15, 0.2) is 6.10 Å². The quantitative estimate of drug-likeness (QED) is 0.652. The third kappa shape index (κ3) is 1.34. The van der Waals surface area contributed by atoms with E-state index in [2.05, 4.69) is 10.6 Å². The number of nitrogens with one attached hydrogen (secondary N) is 2. The number of carbonyl (C=O) groups is 1. The van der Waals surface area contributed by atoms with Gasteiger partial charge < -0.3 is 15.7 Å². The van der Waals surface area contributed by atoms with Crippen LogP contribution >= 0.6 is 0 Å². The Hall–Kier alpha value is -1.39. The lowest BCUT2D eigenvalue weighted by molar-refractivity contribution is -0.123. The molecule has 3 rings (SSSR count). The Kier molecular flexibility index (Phi) is 2.19. The molecule has 2 unspecified atom stereocenters. The third-order valence-corrected chi connectivity index (χ3v) is 3.42. The number of benzene rings is 1. The zero-order valence-corrected chi connectivity index (χ0v) is 8.86. The van der Waals surface area contributed by atoms with Crippen LogP contribution in [0.15, 0.2) is 18.2 Å². The molecule has 1 amide bonds. The lowest BCUT2D eigenvalue weighted by Crippen LogP contribution is -2.13. The van der Waals surface area contributed by atoms with Crippen LogP contribution < -0.4 is 10.6 Å². The van der Waals surface area contributed by atoms with E-state index in [0.717, 1.165) is 36.3 Å². The van der Waals surface area contributed by atoms with Gasteiger partial charge in [0.2, 0.25) is 0 Å². The van der Waals surface area contributed by atoms with Gasteiger partial charge in [-0.05, 0) is 30.5 Å². The molecule has 4 nitrogen and oxygen atoms in total. The Bertz CT molecular complexity index is 439. The molecule has 4 heteroatoms. The monoisotopic (exact) mass is 218 g/mol. The summed E-state index contributed by atoms with van der Waals surface area (Å²) in [6.45, 7) is 1.93. The lowest BCUT2D eigenvalue weighted by atomic mass is 9.91. The summed E-state index contributed by atoms with van der Waals surface area (Å²) in [6, 6.07) is 5.79. The summed E-state index contributed by atoms with van der Waals surface area (Å²) >= 11 is 0. The molecule has 16 heavy (non-hydrogen) atoms. The van der Waals surface area contributed by atoms with E-state index >= 15 is 0 Å². The van der Waals surface area contributed by atoms with Gasteiger partial charge in [0.05, 0.1) is 0 Å². The van der Waals surface area contributed by atoms with E-state index in [1.165, 1.54) is 0 Å². The highest BCUT2D eigenvalue weighted by Gasteiger charge is 2.33. The van der Waals surface area contributed by atoms with Gasteiger partial charge in [-0.2, -0.15) is 0 Å². The van der Waals surface area contributed by atoms with Crippen molar-refractivity contribution in [3.05, 3.63) is 29.3 Å². The van der Waals surface area contributed by atoms with Crippen molar-refractivity contribution in [3.63, 3.8) is 0 Å². The highest BCUT2D eigenvalue weighted by molar-refractivity contribution is 6.02. The first-order chi connectivity index (χ1) is 7.77. The maximum absolute atomic E-state index is 11.4. The molecule has 0 radical (unpaired) electrons. The Balaban J connectivity index is 2.07. The minimum atomic E-state index is -0.994. The molecule has 0 spiro atoms. The second kappa shape index (κ2) is 3.57. The van der Waals surface area contributed by atoms with E-state index in [9.17, 15) is 9.90 Å². The molecule has 2 atom stereocenters. The fraction of sp³-hybridized carbons (Fsp3) is 0.417. The van der Waals surface area contributed by atoms with Crippen LogP contribution in [0, 0.1) is 0 Å². The molecule has 1 aromatic rings. The van der Waals surface area contributed by atoms with E-state index in [1.54, 1.807) is 0 Å². The molecule has 0 aromatic heterocycles. The van der Waals surface area contributed by atoms with Crippen molar-refractivity contribution in [3.8, 4) is 0 Å². The van der Waals surface area contributed by atoms with Gasteiger partial charge in [0.1, 0.15) is 0 Å². The number of carbonyl (C=O) groups excluding carboxylic acids is 1. The molecule has 0 aliphatic carbocycles. The normalized spacial score (nSPS) is 27.9. The molecular formula is C12H14N2O2. The zero-order chi connectivity index (χ0) is 11.1. The molecule has 84 valence electrons. The Morgan fingerprint density at radius 2 is 2.25 bits per heavy atom. The molecule has 1 saturated heterocycles. The second-order valence-corrected chi connectivity index (χ2v) is 4.39. The molecule has 2 heterocycles. The van der Waals surface area contributed by atoms with Crippen molar-refractivity contribution in [1.82, 2.24) is 5.32 Å². The number of hydrogen-bond donors (Lipinski definition) is 3. The first-order valence-electron chi connectivity index (χ1n) is 5.60. The number of amides is 1. The number of aliphatic hydroxyl groups excluding tert-OH is 1. The summed E-state index contributed by atoms with van der Waals surface area (Å²) in [7, 11) is 0. The smallest absolute Gasteiger partial charge is 0.257 e. The maximum atomic E-state index is 11.4. The molecule has 0 bridgehead atoms. The average molecular weight is 218 g/mol. The molecule has 1 fully saturated rings. The molecule has 2 aliphatic rings. The first kappa shape index (κ1) is 9.81. The molecule has 2 aliphatic heterocycles.